The standard InChI is InChI=1S/C17H15N5O/c23-17(22-6-4-16-3-1-2-5-21-16)14-7-13(8-18-9-14)15-10-19-12-20-11-15/h1-3,5,7-12H,4,6H2,(H,22,23). The van der Waals surface area contributed by atoms with Crippen LogP contribution < -0.4 is 5.32 Å². The lowest BCUT2D eigenvalue weighted by Crippen LogP contribution is -2.26. The summed E-state index contributed by atoms with van der Waals surface area (Å²) in [6.45, 7) is 0.522. The molecule has 6 nitrogen and oxygen atoms in total. The smallest absolute Gasteiger partial charge is 0.252 e. The molecule has 3 heterocycles. The molecular weight excluding hydrogens is 290 g/mol. The Balaban J connectivity index is 1.64. The van der Waals surface area contributed by atoms with Crippen molar-refractivity contribution in [3.8, 4) is 11.1 Å². The van der Waals surface area contributed by atoms with Crippen LogP contribution in [0.1, 0.15) is 16.1 Å². The number of rotatable bonds is 5. The number of hydrogen-bond donors (Lipinski definition) is 1. The lowest BCUT2D eigenvalue weighted by molar-refractivity contribution is 0.0953. The van der Waals surface area contributed by atoms with E-state index in [2.05, 4.69) is 25.3 Å². The van der Waals surface area contributed by atoms with E-state index in [9.17, 15) is 4.79 Å². The van der Waals surface area contributed by atoms with Gasteiger partial charge in [-0.1, -0.05) is 6.07 Å². The van der Waals surface area contributed by atoms with Crippen molar-refractivity contribution in [1.82, 2.24) is 25.3 Å². The lowest BCUT2D eigenvalue weighted by atomic mass is 10.1. The van der Waals surface area contributed by atoms with Gasteiger partial charge in [0.25, 0.3) is 5.91 Å². The minimum atomic E-state index is -0.160. The van der Waals surface area contributed by atoms with Crippen LogP contribution in [-0.2, 0) is 6.42 Å². The summed E-state index contributed by atoms with van der Waals surface area (Å²) < 4.78 is 0. The zero-order valence-electron chi connectivity index (χ0n) is 12.4. The Labute approximate surface area is 133 Å². The summed E-state index contributed by atoms with van der Waals surface area (Å²) in [5, 5.41) is 2.88. The Morgan fingerprint density at radius 2 is 1.83 bits per heavy atom. The van der Waals surface area contributed by atoms with E-state index in [4.69, 9.17) is 0 Å². The molecule has 1 amide bonds. The number of pyridine rings is 2. The first-order valence-electron chi connectivity index (χ1n) is 7.21. The summed E-state index contributed by atoms with van der Waals surface area (Å²) in [7, 11) is 0. The monoisotopic (exact) mass is 305 g/mol. The highest BCUT2D eigenvalue weighted by Gasteiger charge is 2.08. The van der Waals surface area contributed by atoms with Gasteiger partial charge in [0.15, 0.2) is 0 Å². The maximum atomic E-state index is 12.2. The molecule has 0 radical (unpaired) electrons. The summed E-state index contributed by atoms with van der Waals surface area (Å²) >= 11 is 0. The van der Waals surface area contributed by atoms with E-state index in [1.54, 1.807) is 37.1 Å². The van der Waals surface area contributed by atoms with Gasteiger partial charge in [0.1, 0.15) is 6.33 Å². The SMILES string of the molecule is O=C(NCCc1ccccn1)c1cncc(-c2cncnc2)c1. The van der Waals surface area contributed by atoms with Crippen molar-refractivity contribution < 1.29 is 4.79 Å². The van der Waals surface area contributed by atoms with E-state index in [1.807, 2.05) is 18.2 Å². The van der Waals surface area contributed by atoms with Crippen LogP contribution in [0.2, 0.25) is 0 Å². The Hall–Kier alpha value is -3.15. The fraction of sp³-hybridized carbons (Fsp3) is 0.118. The van der Waals surface area contributed by atoms with Crippen molar-refractivity contribution in [3.05, 3.63) is 72.8 Å². The molecular formula is C17H15N5O. The Morgan fingerprint density at radius 3 is 2.61 bits per heavy atom. The first-order chi connectivity index (χ1) is 11.3. The van der Waals surface area contributed by atoms with Crippen LogP contribution in [0.25, 0.3) is 11.1 Å². The number of nitrogens with one attached hydrogen (secondary N) is 1. The average Bonchev–Trinajstić information content (AvgIpc) is 2.63. The Bertz CT molecular complexity index is 777. The van der Waals surface area contributed by atoms with E-state index in [1.165, 1.54) is 6.33 Å². The third kappa shape index (κ3) is 3.94. The van der Waals surface area contributed by atoms with Crippen molar-refractivity contribution in [2.75, 3.05) is 6.54 Å². The summed E-state index contributed by atoms with van der Waals surface area (Å²) in [6, 6.07) is 7.51. The molecule has 0 bridgehead atoms. The van der Waals surface area contributed by atoms with Crippen molar-refractivity contribution in [2.45, 2.75) is 6.42 Å². The van der Waals surface area contributed by atoms with Crippen LogP contribution in [-0.4, -0.2) is 32.4 Å². The predicted octanol–water partition coefficient (Wildman–Crippen LogP) is 1.91. The third-order valence-corrected chi connectivity index (χ3v) is 3.29. The molecule has 0 spiro atoms. The molecule has 3 aromatic rings. The maximum absolute atomic E-state index is 12.2. The first kappa shape index (κ1) is 14.8. The van der Waals surface area contributed by atoms with Crippen LogP contribution in [0, 0.1) is 0 Å². The summed E-state index contributed by atoms with van der Waals surface area (Å²) in [5.74, 6) is -0.160. The Kier molecular flexibility index (Phi) is 4.63. The molecule has 0 aliphatic heterocycles. The van der Waals surface area contributed by atoms with Gasteiger partial charge in [-0.15, -0.1) is 0 Å². The number of nitrogens with zero attached hydrogens (tertiary/aromatic N) is 4. The van der Waals surface area contributed by atoms with Crippen LogP contribution in [0.5, 0.6) is 0 Å². The quantitative estimate of drug-likeness (QED) is 0.778. The number of hydrogen-bond acceptors (Lipinski definition) is 5. The molecule has 114 valence electrons. The molecule has 3 rings (SSSR count). The first-order valence-corrected chi connectivity index (χ1v) is 7.21. The number of aromatic nitrogens is 4. The highest BCUT2D eigenvalue weighted by Crippen LogP contribution is 2.16. The summed E-state index contributed by atoms with van der Waals surface area (Å²) in [4.78, 5) is 28.5. The van der Waals surface area contributed by atoms with Gasteiger partial charge in [-0.05, 0) is 18.2 Å². The van der Waals surface area contributed by atoms with Gasteiger partial charge in [0.05, 0.1) is 5.56 Å². The molecule has 3 aromatic heterocycles. The van der Waals surface area contributed by atoms with Crippen molar-refractivity contribution in [2.24, 2.45) is 0 Å². The molecule has 23 heavy (non-hydrogen) atoms. The highest BCUT2D eigenvalue weighted by molar-refractivity contribution is 5.95. The second-order valence-corrected chi connectivity index (χ2v) is 4.92. The van der Waals surface area contributed by atoms with Crippen LogP contribution in [0.15, 0.2) is 61.6 Å². The van der Waals surface area contributed by atoms with E-state index in [0.29, 0.717) is 18.5 Å². The van der Waals surface area contributed by atoms with Gasteiger partial charge in [-0.3, -0.25) is 14.8 Å². The largest absolute Gasteiger partial charge is 0.352 e. The molecule has 0 aliphatic rings. The van der Waals surface area contributed by atoms with E-state index >= 15 is 0 Å². The normalized spacial score (nSPS) is 10.3. The van der Waals surface area contributed by atoms with Crippen molar-refractivity contribution in [1.29, 1.82) is 0 Å². The molecule has 0 fully saturated rings. The zero-order chi connectivity index (χ0) is 15.9. The molecule has 0 aromatic carbocycles. The fourth-order valence-corrected chi connectivity index (χ4v) is 2.12. The zero-order valence-corrected chi connectivity index (χ0v) is 12.4. The van der Waals surface area contributed by atoms with Gasteiger partial charge in [0.2, 0.25) is 0 Å². The molecule has 1 N–H and O–H groups in total. The van der Waals surface area contributed by atoms with Crippen LogP contribution in [0.4, 0.5) is 0 Å². The minimum Gasteiger partial charge on any atom is -0.352 e. The van der Waals surface area contributed by atoms with Gasteiger partial charge in [-0.25, -0.2) is 9.97 Å². The van der Waals surface area contributed by atoms with Crippen LogP contribution >= 0.6 is 0 Å². The Morgan fingerprint density at radius 1 is 1.00 bits per heavy atom. The molecule has 6 heteroatoms. The number of amides is 1. The highest BCUT2D eigenvalue weighted by atomic mass is 16.1. The summed E-state index contributed by atoms with van der Waals surface area (Å²) in [6.07, 6.45) is 10.5. The summed E-state index contributed by atoms with van der Waals surface area (Å²) in [5.41, 5.74) is 3.08. The molecule has 0 unspecified atom stereocenters. The second-order valence-electron chi connectivity index (χ2n) is 4.92. The number of carbonyl (C=O) groups excluding carboxylic acids is 1. The second kappa shape index (κ2) is 7.22. The molecule has 0 saturated carbocycles. The third-order valence-electron chi connectivity index (χ3n) is 3.29. The van der Waals surface area contributed by atoms with Crippen molar-refractivity contribution >= 4 is 5.91 Å². The molecule has 0 atom stereocenters. The topological polar surface area (TPSA) is 80.7 Å². The average molecular weight is 305 g/mol. The van der Waals surface area contributed by atoms with Crippen LogP contribution in [0.3, 0.4) is 0 Å². The van der Waals surface area contributed by atoms with E-state index in [-0.39, 0.29) is 5.91 Å². The lowest BCUT2D eigenvalue weighted by Gasteiger charge is -2.06. The van der Waals surface area contributed by atoms with Gasteiger partial charge < -0.3 is 5.32 Å². The molecule has 0 aliphatic carbocycles. The number of carbonyl (C=O) groups is 1. The van der Waals surface area contributed by atoms with E-state index in [0.717, 1.165) is 16.8 Å². The molecule has 0 saturated heterocycles. The predicted molar refractivity (Wildman–Crippen MR) is 85.5 cm³/mol. The van der Waals surface area contributed by atoms with E-state index < -0.39 is 0 Å². The van der Waals surface area contributed by atoms with Crippen molar-refractivity contribution in [3.63, 3.8) is 0 Å². The maximum Gasteiger partial charge on any atom is 0.252 e. The van der Waals surface area contributed by atoms with Gasteiger partial charge >= 0.3 is 0 Å². The fourth-order valence-electron chi connectivity index (χ4n) is 2.12. The van der Waals surface area contributed by atoms with Gasteiger partial charge in [-0.2, -0.15) is 0 Å². The minimum absolute atomic E-state index is 0.160. The van der Waals surface area contributed by atoms with Gasteiger partial charge in [0, 0.05) is 60.8 Å².